The molecule has 1 aliphatic heterocycles. The Hall–Kier alpha value is -2.47. The molecule has 142 valence electrons. The number of benzene rings is 3. The van der Waals surface area contributed by atoms with E-state index in [1.165, 1.54) is 4.31 Å². The molecule has 3 aromatic carbocycles. The summed E-state index contributed by atoms with van der Waals surface area (Å²) in [4.78, 5) is 13.3. The lowest BCUT2D eigenvalue weighted by Crippen LogP contribution is -2.19. The summed E-state index contributed by atoms with van der Waals surface area (Å²) in [6.45, 7) is 1.90. The maximum absolute atomic E-state index is 13.2. The van der Waals surface area contributed by atoms with E-state index in [0.29, 0.717) is 10.6 Å². The summed E-state index contributed by atoms with van der Waals surface area (Å²) in [6, 6.07) is 21.1. The normalized spacial score (nSPS) is 21.3. The lowest BCUT2D eigenvalue weighted by molar-refractivity contribution is 0.0981. The van der Waals surface area contributed by atoms with Crippen LogP contribution in [0.25, 0.3) is 0 Å². The molecular weight excluding hydrogens is 394 g/mol. The minimum absolute atomic E-state index is 0.186. The number of aryl methyl sites for hydroxylation is 1. The van der Waals surface area contributed by atoms with Crippen molar-refractivity contribution in [1.82, 2.24) is 4.31 Å². The predicted octanol–water partition coefficient (Wildman–Crippen LogP) is 4.65. The zero-order chi connectivity index (χ0) is 19.9. The van der Waals surface area contributed by atoms with Gasteiger partial charge in [0.2, 0.25) is 10.0 Å². The highest BCUT2D eigenvalue weighted by Gasteiger charge is 2.60. The fourth-order valence-electron chi connectivity index (χ4n) is 3.37. The molecule has 0 amide bonds. The fourth-order valence-corrected chi connectivity index (χ4v) is 5.21. The highest BCUT2D eigenvalue weighted by molar-refractivity contribution is 7.89. The van der Waals surface area contributed by atoms with Gasteiger partial charge in [0, 0.05) is 10.6 Å². The van der Waals surface area contributed by atoms with Crippen LogP contribution in [0.1, 0.15) is 27.5 Å². The van der Waals surface area contributed by atoms with Gasteiger partial charge in [-0.3, -0.25) is 4.79 Å². The van der Waals surface area contributed by atoms with Crippen molar-refractivity contribution in [2.24, 2.45) is 0 Å². The number of sulfonamides is 1. The molecule has 0 spiro atoms. The average molecular weight is 412 g/mol. The number of carbonyl (C=O) groups is 1. The molecule has 0 radical (unpaired) electrons. The SMILES string of the molecule is Cc1ccc(S(=O)(=O)N2[C@H](C(=O)c3ccc(Cl)cc3)[C@H]2c2ccccc2)cc1. The molecule has 3 atom stereocenters. The maximum atomic E-state index is 13.2. The molecule has 28 heavy (non-hydrogen) atoms. The minimum atomic E-state index is -3.80. The smallest absolute Gasteiger partial charge is 0.244 e. The Labute approximate surface area is 169 Å². The Morgan fingerprint density at radius 3 is 2.11 bits per heavy atom. The Morgan fingerprint density at radius 1 is 0.893 bits per heavy atom. The van der Waals surface area contributed by atoms with E-state index in [2.05, 4.69) is 0 Å². The van der Waals surface area contributed by atoms with Crippen molar-refractivity contribution >= 4 is 27.4 Å². The third-order valence-electron chi connectivity index (χ3n) is 4.89. The minimum Gasteiger partial charge on any atom is -0.292 e. The number of nitrogens with zero attached hydrogens (tertiary/aromatic N) is 1. The molecule has 6 heteroatoms. The van der Waals surface area contributed by atoms with Gasteiger partial charge < -0.3 is 0 Å². The molecule has 0 bridgehead atoms. The van der Waals surface area contributed by atoms with E-state index in [1.807, 2.05) is 37.3 Å². The highest BCUT2D eigenvalue weighted by Crippen LogP contribution is 2.49. The van der Waals surface area contributed by atoms with Gasteiger partial charge in [0.1, 0.15) is 6.04 Å². The van der Waals surface area contributed by atoms with Crippen LogP contribution < -0.4 is 0 Å². The summed E-state index contributed by atoms with van der Waals surface area (Å²) in [5.41, 5.74) is 2.21. The van der Waals surface area contributed by atoms with Crippen LogP contribution in [-0.2, 0) is 10.0 Å². The van der Waals surface area contributed by atoms with E-state index in [1.54, 1.807) is 48.5 Å². The molecule has 1 saturated heterocycles. The first-order chi connectivity index (χ1) is 13.4. The van der Waals surface area contributed by atoms with Gasteiger partial charge in [-0.2, -0.15) is 4.31 Å². The first-order valence-electron chi connectivity index (χ1n) is 8.84. The van der Waals surface area contributed by atoms with Crippen molar-refractivity contribution in [1.29, 1.82) is 0 Å². The quantitative estimate of drug-likeness (QED) is 0.453. The summed E-state index contributed by atoms with van der Waals surface area (Å²) < 4.78 is 27.8. The maximum Gasteiger partial charge on any atom is 0.244 e. The zero-order valence-corrected chi connectivity index (χ0v) is 16.7. The number of carbonyl (C=O) groups excluding carboxylic acids is 1. The van der Waals surface area contributed by atoms with Gasteiger partial charge in [0.05, 0.1) is 10.9 Å². The largest absolute Gasteiger partial charge is 0.292 e. The topological polar surface area (TPSA) is 54.2 Å². The highest BCUT2D eigenvalue weighted by atomic mass is 35.5. The van der Waals surface area contributed by atoms with Crippen molar-refractivity contribution in [2.45, 2.75) is 23.9 Å². The van der Waals surface area contributed by atoms with Gasteiger partial charge in [-0.1, -0.05) is 59.6 Å². The molecule has 1 heterocycles. The first kappa shape index (κ1) is 18.9. The lowest BCUT2D eigenvalue weighted by Gasteiger charge is -2.07. The van der Waals surface area contributed by atoms with Crippen LogP contribution in [0.5, 0.6) is 0 Å². The number of ketones is 1. The number of halogens is 1. The van der Waals surface area contributed by atoms with Crippen molar-refractivity contribution in [3.05, 3.63) is 101 Å². The van der Waals surface area contributed by atoms with Crippen molar-refractivity contribution < 1.29 is 13.2 Å². The van der Waals surface area contributed by atoms with E-state index in [9.17, 15) is 13.2 Å². The van der Waals surface area contributed by atoms with Gasteiger partial charge in [-0.25, -0.2) is 8.42 Å². The standard InChI is InChI=1S/C22H18ClNO3S/c1-15-7-13-19(14-8-15)28(26,27)24-20(16-5-3-2-4-6-16)21(24)22(25)17-9-11-18(23)12-10-17/h2-14,20-21H,1H3/t20-,21+,24?/m1/s1. The molecule has 0 N–H and O–H groups in total. The van der Waals surface area contributed by atoms with Crippen molar-refractivity contribution in [3.63, 3.8) is 0 Å². The number of hydrogen-bond acceptors (Lipinski definition) is 3. The van der Waals surface area contributed by atoms with Crippen LogP contribution in [0.3, 0.4) is 0 Å². The van der Waals surface area contributed by atoms with Crippen LogP contribution >= 0.6 is 11.6 Å². The monoisotopic (exact) mass is 411 g/mol. The number of hydrogen-bond donors (Lipinski definition) is 0. The van der Waals surface area contributed by atoms with Gasteiger partial charge in [-0.05, 0) is 48.9 Å². The molecular formula is C22H18ClNO3S. The molecule has 1 aliphatic rings. The predicted molar refractivity (Wildman–Crippen MR) is 109 cm³/mol. The summed E-state index contributed by atoms with van der Waals surface area (Å²) in [5, 5.41) is 0.524. The van der Waals surface area contributed by atoms with Gasteiger partial charge in [0.15, 0.2) is 5.78 Å². The lowest BCUT2D eigenvalue weighted by atomic mass is 10.0. The van der Waals surface area contributed by atoms with E-state index < -0.39 is 22.1 Å². The summed E-state index contributed by atoms with van der Waals surface area (Å²) in [7, 11) is -3.80. The number of rotatable bonds is 5. The zero-order valence-electron chi connectivity index (χ0n) is 15.1. The van der Waals surface area contributed by atoms with Crippen molar-refractivity contribution in [2.75, 3.05) is 0 Å². The first-order valence-corrected chi connectivity index (χ1v) is 10.7. The Kier molecular flexibility index (Phi) is 4.83. The molecule has 4 rings (SSSR count). The van der Waals surface area contributed by atoms with E-state index in [4.69, 9.17) is 11.6 Å². The second-order valence-corrected chi connectivity index (χ2v) is 9.10. The van der Waals surface area contributed by atoms with Crippen LogP contribution in [0.4, 0.5) is 0 Å². The Bertz CT molecular complexity index is 1110. The average Bonchev–Trinajstić information content (AvgIpc) is 3.46. The molecule has 0 aliphatic carbocycles. The molecule has 1 unspecified atom stereocenters. The van der Waals surface area contributed by atoms with E-state index in [0.717, 1.165) is 11.1 Å². The van der Waals surface area contributed by atoms with Crippen molar-refractivity contribution in [3.8, 4) is 0 Å². The summed E-state index contributed by atoms with van der Waals surface area (Å²) in [5.74, 6) is -0.235. The molecule has 3 aromatic rings. The van der Waals surface area contributed by atoms with E-state index >= 15 is 0 Å². The fraction of sp³-hybridized carbons (Fsp3) is 0.136. The Morgan fingerprint density at radius 2 is 1.50 bits per heavy atom. The molecule has 0 aromatic heterocycles. The van der Waals surface area contributed by atoms with Crippen LogP contribution in [0, 0.1) is 6.92 Å². The van der Waals surface area contributed by atoms with Gasteiger partial charge in [0.25, 0.3) is 0 Å². The number of Topliss-reactive ketones (excluding diaryl/α,β-unsaturated/α-hetero) is 1. The molecule has 0 saturated carbocycles. The molecule has 4 nitrogen and oxygen atoms in total. The third kappa shape index (κ3) is 3.37. The Balaban J connectivity index is 1.74. The van der Waals surface area contributed by atoms with Crippen LogP contribution in [0.2, 0.25) is 5.02 Å². The van der Waals surface area contributed by atoms with Crippen LogP contribution in [-0.4, -0.2) is 24.5 Å². The van der Waals surface area contributed by atoms with E-state index in [-0.39, 0.29) is 10.7 Å². The second-order valence-electron chi connectivity index (χ2n) is 6.82. The second kappa shape index (κ2) is 7.17. The van der Waals surface area contributed by atoms with Gasteiger partial charge >= 0.3 is 0 Å². The van der Waals surface area contributed by atoms with Gasteiger partial charge in [-0.15, -0.1) is 0 Å². The molecule has 1 fully saturated rings. The third-order valence-corrected chi connectivity index (χ3v) is 7.02. The van der Waals surface area contributed by atoms with Crippen LogP contribution in [0.15, 0.2) is 83.8 Å². The summed E-state index contributed by atoms with van der Waals surface area (Å²) >= 11 is 5.91. The summed E-state index contributed by atoms with van der Waals surface area (Å²) in [6.07, 6.45) is 0.